The summed E-state index contributed by atoms with van der Waals surface area (Å²) in [7, 11) is 0. The van der Waals surface area contributed by atoms with E-state index in [-0.39, 0.29) is 0 Å². The number of epoxide rings is 1. The number of nitrogens with zero attached hydrogens (tertiary/aromatic N) is 1. The average molecular weight is 195 g/mol. The van der Waals surface area contributed by atoms with E-state index in [4.69, 9.17) is 4.74 Å². The van der Waals surface area contributed by atoms with E-state index in [0.29, 0.717) is 11.6 Å². The Morgan fingerprint density at radius 1 is 1.14 bits per heavy atom. The zero-order chi connectivity index (χ0) is 9.43. The van der Waals surface area contributed by atoms with Gasteiger partial charge in [-0.2, -0.15) is 0 Å². The molecule has 2 heteroatoms. The lowest BCUT2D eigenvalue weighted by atomic mass is 9.94. The van der Waals surface area contributed by atoms with Crippen LogP contribution in [-0.2, 0) is 4.74 Å². The fourth-order valence-electron chi connectivity index (χ4n) is 3.48. The molecule has 2 nitrogen and oxygen atoms in total. The molecule has 0 aromatic carbocycles. The molecule has 3 fully saturated rings. The van der Waals surface area contributed by atoms with E-state index >= 15 is 0 Å². The highest BCUT2D eigenvalue weighted by molar-refractivity contribution is 4.99. The van der Waals surface area contributed by atoms with E-state index < -0.39 is 0 Å². The van der Waals surface area contributed by atoms with E-state index in [0.717, 1.165) is 6.61 Å². The normalized spacial score (nSPS) is 35.6. The second-order valence-corrected chi connectivity index (χ2v) is 5.27. The molecule has 2 saturated heterocycles. The summed E-state index contributed by atoms with van der Waals surface area (Å²) in [5.41, 5.74) is 0.648. The lowest BCUT2D eigenvalue weighted by Gasteiger charge is -2.35. The summed E-state index contributed by atoms with van der Waals surface area (Å²) in [6, 6.07) is 0. The minimum atomic E-state index is 0.619. The van der Waals surface area contributed by atoms with Crippen molar-refractivity contribution in [1.82, 2.24) is 4.90 Å². The predicted molar refractivity (Wildman–Crippen MR) is 56.4 cm³/mol. The molecule has 1 saturated carbocycles. The second kappa shape index (κ2) is 3.49. The Kier molecular flexibility index (Phi) is 2.29. The summed E-state index contributed by atoms with van der Waals surface area (Å²) >= 11 is 0. The molecule has 2 aliphatic heterocycles. The molecular weight excluding hydrogens is 174 g/mol. The summed E-state index contributed by atoms with van der Waals surface area (Å²) in [6.45, 7) is 3.68. The van der Waals surface area contributed by atoms with Crippen molar-refractivity contribution in [2.75, 3.05) is 19.7 Å². The van der Waals surface area contributed by atoms with Gasteiger partial charge in [0.15, 0.2) is 0 Å². The van der Waals surface area contributed by atoms with E-state index in [1.165, 1.54) is 58.0 Å². The first-order chi connectivity index (χ1) is 6.89. The molecule has 1 atom stereocenters. The second-order valence-electron chi connectivity index (χ2n) is 5.27. The summed E-state index contributed by atoms with van der Waals surface area (Å²) in [4.78, 5) is 2.78. The minimum absolute atomic E-state index is 0.619. The molecule has 0 bridgehead atoms. The van der Waals surface area contributed by atoms with Gasteiger partial charge in [0.25, 0.3) is 0 Å². The largest absolute Gasteiger partial charge is 0.373 e. The van der Waals surface area contributed by atoms with Crippen LogP contribution in [-0.4, -0.2) is 36.2 Å². The number of rotatable bonds is 3. The van der Waals surface area contributed by atoms with Crippen LogP contribution in [0.2, 0.25) is 0 Å². The van der Waals surface area contributed by atoms with Gasteiger partial charge in [-0.1, -0.05) is 12.8 Å². The van der Waals surface area contributed by atoms with Crippen LogP contribution in [0, 0.1) is 0 Å². The maximum absolute atomic E-state index is 5.29. The summed E-state index contributed by atoms with van der Waals surface area (Å²) in [5, 5.41) is 0. The molecule has 0 N–H and O–H groups in total. The van der Waals surface area contributed by atoms with Crippen molar-refractivity contribution in [3.8, 4) is 0 Å². The number of hydrogen-bond acceptors (Lipinski definition) is 2. The van der Waals surface area contributed by atoms with Crippen molar-refractivity contribution >= 4 is 0 Å². The van der Waals surface area contributed by atoms with Crippen LogP contribution >= 0.6 is 0 Å². The Balaban J connectivity index is 1.59. The van der Waals surface area contributed by atoms with Crippen molar-refractivity contribution in [1.29, 1.82) is 0 Å². The first kappa shape index (κ1) is 9.17. The minimum Gasteiger partial charge on any atom is -0.373 e. The Bertz CT molecular complexity index is 201. The monoisotopic (exact) mass is 195 g/mol. The molecule has 3 rings (SSSR count). The fourth-order valence-corrected chi connectivity index (χ4v) is 3.48. The first-order valence-corrected chi connectivity index (χ1v) is 6.26. The third kappa shape index (κ3) is 1.59. The van der Waals surface area contributed by atoms with Gasteiger partial charge in [0.05, 0.1) is 12.7 Å². The van der Waals surface area contributed by atoms with Gasteiger partial charge < -0.3 is 4.74 Å². The summed E-state index contributed by atoms with van der Waals surface area (Å²) in [6.07, 6.45) is 10.7. The molecule has 14 heavy (non-hydrogen) atoms. The Morgan fingerprint density at radius 2 is 1.86 bits per heavy atom. The molecule has 0 aromatic rings. The summed E-state index contributed by atoms with van der Waals surface area (Å²) in [5.74, 6) is 0. The smallest absolute Gasteiger partial charge is 0.0822 e. The van der Waals surface area contributed by atoms with Crippen molar-refractivity contribution < 1.29 is 4.74 Å². The third-order valence-electron chi connectivity index (χ3n) is 4.40. The van der Waals surface area contributed by atoms with Gasteiger partial charge in [0, 0.05) is 12.1 Å². The van der Waals surface area contributed by atoms with E-state index in [9.17, 15) is 0 Å². The lowest BCUT2D eigenvalue weighted by Crippen LogP contribution is -2.42. The van der Waals surface area contributed by atoms with Crippen molar-refractivity contribution in [3.05, 3.63) is 0 Å². The maximum Gasteiger partial charge on any atom is 0.0822 e. The van der Waals surface area contributed by atoms with Gasteiger partial charge in [-0.15, -0.1) is 0 Å². The van der Waals surface area contributed by atoms with Gasteiger partial charge in [0.1, 0.15) is 0 Å². The standard InChI is InChI=1S/C12H21NO/c1-2-6-12(5-1)7-3-8-13(12)9-4-11-10-14-11/h11H,1-10H2. The highest BCUT2D eigenvalue weighted by atomic mass is 16.6. The van der Waals surface area contributed by atoms with Gasteiger partial charge in [0.2, 0.25) is 0 Å². The number of likely N-dealkylation sites (tertiary alicyclic amines) is 1. The van der Waals surface area contributed by atoms with Gasteiger partial charge in [-0.05, 0) is 38.6 Å². The average Bonchev–Trinajstić information content (AvgIpc) is 2.77. The third-order valence-corrected chi connectivity index (χ3v) is 4.40. The number of hydrogen-bond donors (Lipinski definition) is 0. The predicted octanol–water partition coefficient (Wildman–Crippen LogP) is 2.18. The highest BCUT2D eigenvalue weighted by Gasteiger charge is 2.42. The van der Waals surface area contributed by atoms with Crippen LogP contribution in [0.5, 0.6) is 0 Å². The van der Waals surface area contributed by atoms with Crippen LogP contribution in [0.4, 0.5) is 0 Å². The molecule has 1 aliphatic carbocycles. The molecule has 1 unspecified atom stereocenters. The molecule has 3 aliphatic rings. The maximum atomic E-state index is 5.29. The SMILES string of the molecule is C1CCC2(C1)CCCN2CCC1CO1. The first-order valence-electron chi connectivity index (χ1n) is 6.26. The topological polar surface area (TPSA) is 15.8 Å². The van der Waals surface area contributed by atoms with E-state index in [1.807, 2.05) is 0 Å². The number of ether oxygens (including phenoxy) is 1. The van der Waals surface area contributed by atoms with Crippen LogP contribution in [0.1, 0.15) is 44.9 Å². The van der Waals surface area contributed by atoms with Crippen molar-refractivity contribution in [2.45, 2.75) is 56.6 Å². The molecule has 0 aromatic heterocycles. The van der Waals surface area contributed by atoms with Gasteiger partial charge in [-0.3, -0.25) is 4.90 Å². The molecule has 0 radical (unpaired) electrons. The highest BCUT2D eigenvalue weighted by Crippen LogP contribution is 2.43. The lowest BCUT2D eigenvalue weighted by molar-refractivity contribution is 0.137. The van der Waals surface area contributed by atoms with Crippen LogP contribution < -0.4 is 0 Å². The van der Waals surface area contributed by atoms with Crippen LogP contribution in [0.15, 0.2) is 0 Å². The van der Waals surface area contributed by atoms with E-state index in [2.05, 4.69) is 4.90 Å². The van der Waals surface area contributed by atoms with Crippen LogP contribution in [0.25, 0.3) is 0 Å². The Hall–Kier alpha value is -0.0800. The Morgan fingerprint density at radius 3 is 2.57 bits per heavy atom. The fraction of sp³-hybridized carbons (Fsp3) is 1.00. The van der Waals surface area contributed by atoms with Crippen molar-refractivity contribution in [3.63, 3.8) is 0 Å². The molecule has 2 heterocycles. The van der Waals surface area contributed by atoms with Gasteiger partial charge in [-0.25, -0.2) is 0 Å². The van der Waals surface area contributed by atoms with Gasteiger partial charge >= 0.3 is 0 Å². The zero-order valence-corrected chi connectivity index (χ0v) is 9.00. The molecule has 1 spiro atoms. The Labute approximate surface area is 86.6 Å². The molecular formula is C12H21NO. The molecule has 0 amide bonds. The van der Waals surface area contributed by atoms with Crippen LogP contribution in [0.3, 0.4) is 0 Å². The summed E-state index contributed by atoms with van der Waals surface area (Å²) < 4.78 is 5.29. The van der Waals surface area contributed by atoms with E-state index in [1.54, 1.807) is 0 Å². The zero-order valence-electron chi connectivity index (χ0n) is 9.00. The molecule has 80 valence electrons. The quantitative estimate of drug-likeness (QED) is 0.642. The van der Waals surface area contributed by atoms with Crippen molar-refractivity contribution in [2.24, 2.45) is 0 Å².